The van der Waals surface area contributed by atoms with Gasteiger partial charge in [0.2, 0.25) is 0 Å². The van der Waals surface area contributed by atoms with Crippen LogP contribution in [0.25, 0.3) is 0 Å². The van der Waals surface area contributed by atoms with Crippen molar-refractivity contribution in [2.75, 3.05) is 33.8 Å². The van der Waals surface area contributed by atoms with Crippen molar-refractivity contribution in [1.82, 2.24) is 10.2 Å². The third kappa shape index (κ3) is 3.71. The van der Waals surface area contributed by atoms with Gasteiger partial charge in [-0.3, -0.25) is 0 Å². The van der Waals surface area contributed by atoms with E-state index >= 15 is 0 Å². The second kappa shape index (κ2) is 6.40. The Morgan fingerprint density at radius 3 is 2.58 bits per heavy atom. The fraction of sp³-hybridized carbons (Fsp3) is 0.625. The van der Waals surface area contributed by atoms with Gasteiger partial charge in [0, 0.05) is 19.6 Å². The van der Waals surface area contributed by atoms with Crippen LogP contribution in [-0.2, 0) is 6.54 Å². The summed E-state index contributed by atoms with van der Waals surface area (Å²) in [6.07, 6.45) is 2.56. The van der Waals surface area contributed by atoms with E-state index in [4.69, 9.17) is 4.74 Å². The van der Waals surface area contributed by atoms with Crippen molar-refractivity contribution in [3.05, 3.63) is 29.8 Å². The fourth-order valence-electron chi connectivity index (χ4n) is 3.02. The molecule has 1 atom stereocenters. The van der Waals surface area contributed by atoms with Crippen molar-refractivity contribution in [1.29, 1.82) is 0 Å². The number of methoxy groups -OCH3 is 1. The molecule has 3 nitrogen and oxygen atoms in total. The molecule has 1 N–H and O–H groups in total. The number of nitrogens with one attached hydrogen (secondary N) is 1. The summed E-state index contributed by atoms with van der Waals surface area (Å²) < 4.78 is 5.19. The van der Waals surface area contributed by atoms with Gasteiger partial charge in [-0.15, -0.1) is 0 Å². The Balaban J connectivity index is 1.90. The fourth-order valence-corrected chi connectivity index (χ4v) is 3.02. The average molecular weight is 262 g/mol. The van der Waals surface area contributed by atoms with Gasteiger partial charge in [-0.05, 0) is 49.5 Å². The second-order valence-electron chi connectivity index (χ2n) is 5.80. The summed E-state index contributed by atoms with van der Waals surface area (Å²) in [5, 5.41) is 3.51. The molecule has 19 heavy (non-hydrogen) atoms. The Kier molecular flexibility index (Phi) is 4.83. The van der Waals surface area contributed by atoms with Crippen LogP contribution in [0.1, 0.15) is 25.3 Å². The predicted molar refractivity (Wildman–Crippen MR) is 79.5 cm³/mol. The molecule has 0 bridgehead atoms. The lowest BCUT2D eigenvalue weighted by Crippen LogP contribution is -2.36. The number of benzene rings is 1. The molecule has 0 radical (unpaired) electrons. The van der Waals surface area contributed by atoms with Gasteiger partial charge in [-0.1, -0.05) is 19.1 Å². The van der Waals surface area contributed by atoms with E-state index in [-0.39, 0.29) is 0 Å². The van der Waals surface area contributed by atoms with Gasteiger partial charge in [-0.25, -0.2) is 0 Å². The SMILES string of the molecule is CCC1(CN(C)Cc2ccc(OC)cc2)CCNC1. The van der Waals surface area contributed by atoms with E-state index in [1.165, 1.54) is 31.5 Å². The Bertz CT molecular complexity index is 382. The Morgan fingerprint density at radius 1 is 1.32 bits per heavy atom. The van der Waals surface area contributed by atoms with E-state index < -0.39 is 0 Å². The van der Waals surface area contributed by atoms with E-state index in [0.717, 1.165) is 18.8 Å². The van der Waals surface area contributed by atoms with Crippen LogP contribution < -0.4 is 10.1 Å². The van der Waals surface area contributed by atoms with E-state index in [9.17, 15) is 0 Å². The predicted octanol–water partition coefficient (Wildman–Crippen LogP) is 2.52. The highest BCUT2D eigenvalue weighted by Crippen LogP contribution is 2.30. The van der Waals surface area contributed by atoms with E-state index in [0.29, 0.717) is 5.41 Å². The number of rotatable bonds is 6. The molecule has 1 saturated heterocycles. The summed E-state index contributed by atoms with van der Waals surface area (Å²) >= 11 is 0. The molecule has 1 aliphatic heterocycles. The maximum Gasteiger partial charge on any atom is 0.118 e. The maximum atomic E-state index is 5.19. The van der Waals surface area contributed by atoms with Gasteiger partial charge in [0.05, 0.1) is 7.11 Å². The number of nitrogens with zero attached hydrogens (tertiary/aromatic N) is 1. The largest absolute Gasteiger partial charge is 0.497 e. The minimum atomic E-state index is 0.473. The van der Waals surface area contributed by atoms with E-state index in [1.807, 2.05) is 12.1 Å². The first-order chi connectivity index (χ1) is 9.17. The molecule has 3 heteroatoms. The average Bonchev–Trinajstić information content (AvgIpc) is 2.88. The van der Waals surface area contributed by atoms with Crippen LogP contribution in [0.3, 0.4) is 0 Å². The normalized spacial score (nSPS) is 22.9. The van der Waals surface area contributed by atoms with E-state index in [1.54, 1.807) is 7.11 Å². The quantitative estimate of drug-likeness (QED) is 0.852. The number of hydrogen-bond acceptors (Lipinski definition) is 3. The molecule has 0 amide bonds. The van der Waals surface area contributed by atoms with Gasteiger partial charge < -0.3 is 15.0 Å². The summed E-state index contributed by atoms with van der Waals surface area (Å²) in [7, 11) is 3.93. The van der Waals surface area contributed by atoms with Crippen LogP contribution in [0.5, 0.6) is 5.75 Å². The number of ether oxygens (including phenoxy) is 1. The summed E-state index contributed by atoms with van der Waals surface area (Å²) in [5.74, 6) is 0.927. The molecular formula is C16H26N2O. The molecule has 0 aromatic heterocycles. The van der Waals surface area contributed by atoms with Crippen LogP contribution in [0.4, 0.5) is 0 Å². The van der Waals surface area contributed by atoms with Gasteiger partial charge in [0.15, 0.2) is 0 Å². The zero-order valence-corrected chi connectivity index (χ0v) is 12.4. The van der Waals surface area contributed by atoms with Crippen LogP contribution in [-0.4, -0.2) is 38.7 Å². The molecule has 1 aromatic rings. The number of hydrogen-bond donors (Lipinski definition) is 1. The summed E-state index contributed by atoms with van der Waals surface area (Å²) in [4.78, 5) is 2.44. The summed E-state index contributed by atoms with van der Waals surface area (Å²) in [6.45, 7) is 6.82. The third-order valence-electron chi connectivity index (χ3n) is 4.30. The Hall–Kier alpha value is -1.06. The monoisotopic (exact) mass is 262 g/mol. The lowest BCUT2D eigenvalue weighted by molar-refractivity contribution is 0.179. The van der Waals surface area contributed by atoms with Gasteiger partial charge in [-0.2, -0.15) is 0 Å². The Morgan fingerprint density at radius 2 is 2.05 bits per heavy atom. The molecule has 1 heterocycles. The third-order valence-corrected chi connectivity index (χ3v) is 4.30. The van der Waals surface area contributed by atoms with Gasteiger partial charge in [0.25, 0.3) is 0 Å². The Labute approximate surface area is 116 Å². The topological polar surface area (TPSA) is 24.5 Å². The van der Waals surface area contributed by atoms with Crippen molar-refractivity contribution >= 4 is 0 Å². The van der Waals surface area contributed by atoms with E-state index in [2.05, 4.69) is 36.3 Å². The van der Waals surface area contributed by atoms with Gasteiger partial charge >= 0.3 is 0 Å². The first-order valence-corrected chi connectivity index (χ1v) is 7.20. The maximum absolute atomic E-state index is 5.19. The molecule has 0 spiro atoms. The van der Waals surface area contributed by atoms with Crippen molar-refractivity contribution in [2.24, 2.45) is 5.41 Å². The van der Waals surface area contributed by atoms with Crippen molar-refractivity contribution in [3.8, 4) is 5.75 Å². The smallest absolute Gasteiger partial charge is 0.118 e. The summed E-state index contributed by atoms with van der Waals surface area (Å²) in [5.41, 5.74) is 1.82. The lowest BCUT2D eigenvalue weighted by Gasteiger charge is -2.32. The zero-order chi connectivity index (χ0) is 13.7. The molecule has 1 aromatic carbocycles. The highest BCUT2D eigenvalue weighted by molar-refractivity contribution is 5.27. The van der Waals surface area contributed by atoms with Crippen LogP contribution in [0.2, 0.25) is 0 Å². The lowest BCUT2D eigenvalue weighted by atomic mass is 9.84. The molecule has 1 aliphatic rings. The van der Waals surface area contributed by atoms with Crippen molar-refractivity contribution in [3.63, 3.8) is 0 Å². The van der Waals surface area contributed by atoms with Crippen molar-refractivity contribution in [2.45, 2.75) is 26.3 Å². The molecular weight excluding hydrogens is 236 g/mol. The second-order valence-corrected chi connectivity index (χ2v) is 5.80. The zero-order valence-electron chi connectivity index (χ0n) is 12.4. The molecule has 0 aliphatic carbocycles. The minimum absolute atomic E-state index is 0.473. The van der Waals surface area contributed by atoms with Crippen LogP contribution in [0, 0.1) is 5.41 Å². The van der Waals surface area contributed by atoms with Crippen LogP contribution >= 0.6 is 0 Å². The molecule has 1 fully saturated rings. The molecule has 106 valence electrons. The molecule has 2 rings (SSSR count). The highest BCUT2D eigenvalue weighted by Gasteiger charge is 2.32. The summed E-state index contributed by atoms with van der Waals surface area (Å²) in [6, 6.07) is 8.38. The standard InChI is InChI=1S/C16H26N2O/c1-4-16(9-10-17-12-16)13-18(2)11-14-5-7-15(19-3)8-6-14/h5-8,17H,4,9-13H2,1-3H3. The first-order valence-electron chi connectivity index (χ1n) is 7.20. The first kappa shape index (κ1) is 14.4. The highest BCUT2D eigenvalue weighted by atomic mass is 16.5. The molecule has 0 saturated carbocycles. The van der Waals surface area contributed by atoms with Crippen molar-refractivity contribution < 1.29 is 4.74 Å². The molecule has 1 unspecified atom stereocenters. The minimum Gasteiger partial charge on any atom is -0.497 e. The van der Waals surface area contributed by atoms with Crippen LogP contribution in [0.15, 0.2) is 24.3 Å². The van der Waals surface area contributed by atoms with Gasteiger partial charge in [0.1, 0.15) is 5.75 Å².